The third-order valence-corrected chi connectivity index (χ3v) is 6.59. The van der Waals surface area contributed by atoms with Gasteiger partial charge in [0.2, 0.25) is 5.91 Å². The molecule has 2 aromatic rings. The summed E-state index contributed by atoms with van der Waals surface area (Å²) in [7, 11) is 1.31. The maximum absolute atomic E-state index is 13.0. The largest absolute Gasteiger partial charge is 0.493 e. The summed E-state index contributed by atoms with van der Waals surface area (Å²) in [5.74, 6) is 11.5. The highest BCUT2D eigenvalue weighted by atomic mass is 35.5. The molecule has 0 radical (unpaired) electrons. The summed E-state index contributed by atoms with van der Waals surface area (Å²) in [6.07, 6.45) is 11.6. The Labute approximate surface area is 243 Å². The number of hydrazone groups is 1. The van der Waals surface area contributed by atoms with Crippen molar-refractivity contribution >= 4 is 53.1 Å². The lowest BCUT2D eigenvalue weighted by Crippen LogP contribution is -2.52. The first-order valence-corrected chi connectivity index (χ1v) is 13.3. The molecule has 2 aliphatic heterocycles. The molecule has 2 bridgehead atoms. The predicted octanol–water partition coefficient (Wildman–Crippen LogP) is 3.23. The number of hydrogen-bond acceptors (Lipinski definition) is 9. The van der Waals surface area contributed by atoms with E-state index in [9.17, 15) is 9.59 Å². The van der Waals surface area contributed by atoms with Crippen molar-refractivity contribution in [3.8, 4) is 5.75 Å². The van der Waals surface area contributed by atoms with Crippen LogP contribution in [-0.2, 0) is 9.53 Å². The Morgan fingerprint density at radius 2 is 2.10 bits per heavy atom. The first-order valence-electron chi connectivity index (χ1n) is 12.9. The summed E-state index contributed by atoms with van der Waals surface area (Å²) in [5.41, 5.74) is 3.34. The number of halogens is 1. The second kappa shape index (κ2) is 14.1. The molecule has 0 aliphatic carbocycles. The second-order valence-corrected chi connectivity index (χ2v) is 9.63. The van der Waals surface area contributed by atoms with E-state index in [1.54, 1.807) is 36.4 Å². The van der Waals surface area contributed by atoms with Crippen molar-refractivity contribution in [1.29, 1.82) is 0 Å². The molecule has 41 heavy (non-hydrogen) atoms. The molecule has 2 amide bonds. The first kappa shape index (κ1) is 29.3. The molecule has 2 aromatic carbocycles. The topological polar surface area (TPSA) is 168 Å². The molecule has 8 N–H and O–H groups in total. The van der Waals surface area contributed by atoms with Crippen LogP contribution in [0.1, 0.15) is 30.4 Å². The van der Waals surface area contributed by atoms with Crippen LogP contribution < -0.4 is 42.7 Å². The minimum Gasteiger partial charge on any atom is -0.493 e. The molecule has 13 heteroatoms. The highest BCUT2D eigenvalue weighted by Crippen LogP contribution is 2.31. The lowest BCUT2D eigenvalue weighted by molar-refractivity contribution is -0.117. The number of rotatable bonds is 6. The number of nitrogens with two attached hydrogens (primary N) is 2. The molecule has 0 aromatic heterocycles. The number of allylic oxidation sites excluding steroid dienone is 1. The Morgan fingerprint density at radius 3 is 2.90 bits per heavy atom. The van der Waals surface area contributed by atoms with Crippen molar-refractivity contribution in [2.24, 2.45) is 16.8 Å². The fourth-order valence-electron chi connectivity index (χ4n) is 4.35. The van der Waals surface area contributed by atoms with Gasteiger partial charge in [0.05, 0.1) is 31.1 Å². The fraction of sp³-hybridized carbons (Fsp3) is 0.250. The molecule has 1 unspecified atom stereocenters. The van der Waals surface area contributed by atoms with Crippen molar-refractivity contribution < 1.29 is 19.1 Å². The van der Waals surface area contributed by atoms with Gasteiger partial charge in [-0.05, 0) is 55.7 Å². The van der Waals surface area contributed by atoms with Crippen molar-refractivity contribution in [2.75, 3.05) is 24.0 Å². The minimum absolute atomic E-state index is 0.295. The Bertz CT molecular complexity index is 1380. The Hall–Kier alpha value is -4.68. The second-order valence-electron chi connectivity index (χ2n) is 9.20. The van der Waals surface area contributed by atoms with Crippen LogP contribution in [0.15, 0.2) is 65.9 Å². The van der Waals surface area contributed by atoms with Crippen LogP contribution in [0.2, 0.25) is 5.02 Å². The smallest absolute Gasteiger partial charge is 0.411 e. The fourth-order valence-corrected chi connectivity index (χ4v) is 4.53. The third-order valence-electron chi connectivity index (χ3n) is 6.35. The summed E-state index contributed by atoms with van der Waals surface area (Å²) >= 11 is 6.17. The van der Waals surface area contributed by atoms with Crippen molar-refractivity contribution in [3.05, 3.63) is 77.0 Å². The number of benzene rings is 2. The molecular formula is C28H33ClN8O4. The van der Waals surface area contributed by atoms with Crippen LogP contribution in [0.5, 0.6) is 5.75 Å². The van der Waals surface area contributed by atoms with Gasteiger partial charge in [0.15, 0.2) is 0 Å². The number of ether oxygens (including phenoxy) is 2. The van der Waals surface area contributed by atoms with E-state index in [0.29, 0.717) is 40.7 Å². The van der Waals surface area contributed by atoms with E-state index in [4.69, 9.17) is 32.8 Å². The monoisotopic (exact) mass is 580 g/mol. The zero-order valence-corrected chi connectivity index (χ0v) is 23.2. The van der Waals surface area contributed by atoms with Gasteiger partial charge in [-0.15, -0.1) is 0 Å². The van der Waals surface area contributed by atoms with Crippen LogP contribution in [0, 0.1) is 0 Å². The number of nitrogens with one attached hydrogen (secondary N) is 4. The number of methoxy groups -OCH3 is 1. The van der Waals surface area contributed by atoms with Crippen molar-refractivity contribution in [2.45, 2.75) is 31.5 Å². The van der Waals surface area contributed by atoms with Gasteiger partial charge in [0.25, 0.3) is 0 Å². The Kier molecular flexibility index (Phi) is 10.1. The van der Waals surface area contributed by atoms with Crippen molar-refractivity contribution in [1.82, 2.24) is 16.0 Å². The zero-order chi connectivity index (χ0) is 29.2. The van der Waals surface area contributed by atoms with Crippen LogP contribution in [0.4, 0.5) is 16.2 Å². The summed E-state index contributed by atoms with van der Waals surface area (Å²) in [6, 6.07) is 10.2. The highest BCUT2D eigenvalue weighted by Gasteiger charge is 2.27. The predicted molar refractivity (Wildman–Crippen MR) is 161 cm³/mol. The van der Waals surface area contributed by atoms with Gasteiger partial charge in [0.1, 0.15) is 18.3 Å². The first-order chi connectivity index (χ1) is 19.9. The van der Waals surface area contributed by atoms with Gasteiger partial charge in [-0.25, -0.2) is 10.6 Å². The molecule has 0 spiro atoms. The number of nitrogens with zero attached hydrogens (tertiary/aromatic N) is 2. The minimum atomic E-state index is -0.566. The lowest BCUT2D eigenvalue weighted by atomic mass is 10.1. The number of carbonyl (C=O) groups excluding carboxylic acids is 2. The van der Waals surface area contributed by atoms with Gasteiger partial charge in [0, 0.05) is 40.2 Å². The molecule has 12 nitrogen and oxygen atoms in total. The number of anilines is 2. The Morgan fingerprint density at radius 1 is 1.24 bits per heavy atom. The maximum Gasteiger partial charge on any atom is 0.411 e. The molecule has 0 saturated carbocycles. The van der Waals surface area contributed by atoms with Gasteiger partial charge < -0.3 is 31.3 Å². The molecular weight excluding hydrogens is 548 g/mol. The van der Waals surface area contributed by atoms with Crippen LogP contribution in [0.25, 0.3) is 11.8 Å². The summed E-state index contributed by atoms with van der Waals surface area (Å²) in [5, 5.41) is 17.7. The highest BCUT2D eigenvalue weighted by molar-refractivity contribution is 6.30. The third kappa shape index (κ3) is 7.93. The molecule has 0 saturated heterocycles. The molecule has 2 aliphatic rings. The molecule has 4 rings (SSSR count). The van der Waals surface area contributed by atoms with Gasteiger partial charge in [-0.2, -0.15) is 5.10 Å². The summed E-state index contributed by atoms with van der Waals surface area (Å²) in [6.45, 7) is 0.497. The SMILES string of the molecule is COC(=O)Nc1ccc2c(c1)OCCC/C=C\C[C@H](NC(=O)/C=C/c1cc(Cl)ccc1N(N)/C=N\N)C1NC=C2N1. The summed E-state index contributed by atoms with van der Waals surface area (Å²) in [4.78, 5) is 24.7. The number of hydrogen-bond donors (Lipinski definition) is 6. The van der Waals surface area contributed by atoms with Crippen molar-refractivity contribution in [3.63, 3.8) is 0 Å². The Balaban J connectivity index is 1.51. The average molecular weight is 581 g/mol. The van der Waals surface area contributed by atoms with E-state index in [1.165, 1.54) is 24.5 Å². The number of carbonyl (C=O) groups is 2. The molecule has 216 valence electrons. The van der Waals surface area contributed by atoms with E-state index < -0.39 is 6.09 Å². The van der Waals surface area contributed by atoms with E-state index in [2.05, 4.69) is 32.4 Å². The zero-order valence-electron chi connectivity index (χ0n) is 22.5. The standard InChI is InChI=1S/C28H33ClN8O4/c1-40-28(39)34-20-9-10-21-23-16-32-27(36-23)22(6-4-2-3-5-13-41-25(21)15-20)35-26(38)12-7-18-14-19(29)8-11-24(18)37(31)17-33-30/h2,4,7-12,14-17,22,27,32,36H,3,5-6,13,30-31H2,1H3,(H,34,39)(H,35,38)/b4-2-,12-7+,33-17-/t22-,27?/m0/s1. The number of fused-ring (bicyclic) bond motifs is 4. The van der Waals surface area contributed by atoms with Gasteiger partial charge in [-0.1, -0.05) is 23.8 Å². The quantitative estimate of drug-likeness (QED) is 0.0750. The van der Waals surface area contributed by atoms with Gasteiger partial charge >= 0.3 is 6.09 Å². The number of hydrazine groups is 1. The van der Waals surface area contributed by atoms with E-state index in [1.807, 2.05) is 18.3 Å². The van der Waals surface area contributed by atoms with E-state index in [-0.39, 0.29) is 18.1 Å². The maximum atomic E-state index is 13.0. The van der Waals surface area contributed by atoms with Crippen LogP contribution >= 0.6 is 11.6 Å². The normalized spacial score (nSPS) is 19.2. The molecule has 2 atom stereocenters. The van der Waals surface area contributed by atoms with Gasteiger partial charge in [-0.3, -0.25) is 15.1 Å². The molecule has 2 heterocycles. The lowest BCUT2D eigenvalue weighted by Gasteiger charge is -2.25. The van der Waals surface area contributed by atoms with Crippen LogP contribution in [-0.4, -0.2) is 44.3 Å². The molecule has 0 fully saturated rings. The van der Waals surface area contributed by atoms with E-state index >= 15 is 0 Å². The van der Waals surface area contributed by atoms with E-state index in [0.717, 1.165) is 24.1 Å². The summed E-state index contributed by atoms with van der Waals surface area (Å²) < 4.78 is 10.8. The van der Waals surface area contributed by atoms with Crippen LogP contribution in [0.3, 0.4) is 0 Å². The number of amides is 2. The average Bonchev–Trinajstić information content (AvgIpc) is 3.45.